The van der Waals surface area contributed by atoms with Gasteiger partial charge in [0.2, 0.25) is 0 Å². The minimum Gasteiger partial charge on any atom is -0.466 e. The van der Waals surface area contributed by atoms with Crippen molar-refractivity contribution in [2.45, 2.75) is 20.8 Å². The Balaban J connectivity index is 2.33. The molecule has 5 aliphatic rings. The van der Waals surface area contributed by atoms with E-state index >= 15 is 0 Å². The second-order valence-corrected chi connectivity index (χ2v) is 9.25. The van der Waals surface area contributed by atoms with E-state index in [1.807, 2.05) is 0 Å². The number of carbonyl (C=O) groups is 5. The number of hydrogen-bond donors (Lipinski definition) is 0. The lowest BCUT2D eigenvalue weighted by Gasteiger charge is -2.48. The number of allylic oxidation sites excluding steroid dienone is 6. The quantitative estimate of drug-likeness (QED) is 0.250. The zero-order valence-electron chi connectivity index (χ0n) is 20.6. The molecule has 4 bridgehead atoms. The molecule has 0 amide bonds. The summed E-state index contributed by atoms with van der Waals surface area (Å²) < 4.78 is 20.4. The molecule has 0 radical (unpaired) electrons. The highest BCUT2D eigenvalue weighted by Gasteiger charge is 2.79. The van der Waals surface area contributed by atoms with Gasteiger partial charge in [0.25, 0.3) is 0 Å². The SMILES string of the molecule is COC(=O)C1=C(C(=O)OC)C23C=C(C)C1C(C)=CC21C(C=O)=CC3(C)C(C(=O)OC)=C1C(=O)OC. The van der Waals surface area contributed by atoms with E-state index in [4.69, 9.17) is 18.9 Å². The van der Waals surface area contributed by atoms with E-state index in [1.165, 1.54) is 21.3 Å². The first-order valence-electron chi connectivity index (χ1n) is 10.9. The molecule has 0 aliphatic heterocycles. The maximum atomic E-state index is 13.5. The Kier molecular flexibility index (Phi) is 5.31. The fourth-order valence-corrected chi connectivity index (χ4v) is 6.94. The van der Waals surface area contributed by atoms with Crippen LogP contribution in [-0.4, -0.2) is 58.6 Å². The van der Waals surface area contributed by atoms with Crippen molar-refractivity contribution in [2.24, 2.45) is 22.2 Å². The van der Waals surface area contributed by atoms with E-state index in [9.17, 15) is 24.0 Å². The molecule has 9 nitrogen and oxygen atoms in total. The van der Waals surface area contributed by atoms with Crippen LogP contribution in [0.5, 0.6) is 0 Å². The van der Waals surface area contributed by atoms with E-state index < -0.39 is 46.0 Å². The summed E-state index contributed by atoms with van der Waals surface area (Å²) in [6, 6.07) is 0. The topological polar surface area (TPSA) is 122 Å². The van der Waals surface area contributed by atoms with Crippen LogP contribution < -0.4 is 0 Å². The van der Waals surface area contributed by atoms with Gasteiger partial charge in [0.15, 0.2) is 0 Å². The lowest BCUT2D eigenvalue weighted by Crippen LogP contribution is -2.49. The van der Waals surface area contributed by atoms with Gasteiger partial charge in [0.05, 0.1) is 61.6 Å². The van der Waals surface area contributed by atoms with Gasteiger partial charge >= 0.3 is 23.9 Å². The summed E-state index contributed by atoms with van der Waals surface area (Å²) in [6.07, 6.45) is 5.63. The van der Waals surface area contributed by atoms with Crippen molar-refractivity contribution in [2.75, 3.05) is 28.4 Å². The number of carbonyl (C=O) groups excluding carboxylic acids is 5. The molecular weight excluding hydrogens is 456 g/mol. The fraction of sp³-hybridized carbons (Fsp3) is 0.423. The molecule has 184 valence electrons. The Bertz CT molecular complexity index is 1270. The van der Waals surface area contributed by atoms with Crippen LogP contribution >= 0.6 is 0 Å². The molecule has 0 saturated carbocycles. The third-order valence-electron chi connectivity index (χ3n) is 7.96. The van der Waals surface area contributed by atoms with Gasteiger partial charge in [-0.2, -0.15) is 0 Å². The van der Waals surface area contributed by atoms with E-state index in [1.54, 1.807) is 39.0 Å². The predicted octanol–water partition coefficient (Wildman–Crippen LogP) is 1.94. The van der Waals surface area contributed by atoms with Gasteiger partial charge in [-0.3, -0.25) is 4.79 Å². The van der Waals surface area contributed by atoms with Crippen LogP contribution in [0.3, 0.4) is 0 Å². The predicted molar refractivity (Wildman–Crippen MR) is 120 cm³/mol. The molecular formula is C26H26O9. The van der Waals surface area contributed by atoms with Gasteiger partial charge in [0, 0.05) is 16.9 Å². The minimum absolute atomic E-state index is 0.0390. The normalized spacial score (nSPS) is 32.2. The average molecular weight is 482 g/mol. The highest BCUT2D eigenvalue weighted by Crippen LogP contribution is 2.80. The average Bonchev–Trinajstić information content (AvgIpc) is 3.04. The van der Waals surface area contributed by atoms with Crippen LogP contribution in [0, 0.1) is 22.2 Å². The second-order valence-electron chi connectivity index (χ2n) is 9.25. The fourth-order valence-electron chi connectivity index (χ4n) is 6.94. The van der Waals surface area contributed by atoms with Gasteiger partial charge in [-0.15, -0.1) is 0 Å². The maximum Gasteiger partial charge on any atom is 0.335 e. The van der Waals surface area contributed by atoms with Crippen molar-refractivity contribution in [3.8, 4) is 0 Å². The molecule has 9 heteroatoms. The molecule has 0 N–H and O–H groups in total. The third kappa shape index (κ3) is 2.45. The van der Waals surface area contributed by atoms with Crippen molar-refractivity contribution in [1.29, 1.82) is 0 Å². The molecule has 4 atom stereocenters. The van der Waals surface area contributed by atoms with Crippen LogP contribution in [0.4, 0.5) is 0 Å². The summed E-state index contributed by atoms with van der Waals surface area (Å²) in [5, 5.41) is 0. The molecule has 4 unspecified atom stereocenters. The number of hydrogen-bond acceptors (Lipinski definition) is 9. The lowest BCUT2D eigenvalue weighted by molar-refractivity contribution is -0.142. The molecule has 5 rings (SSSR count). The van der Waals surface area contributed by atoms with E-state index in [0.29, 0.717) is 17.4 Å². The van der Waals surface area contributed by atoms with E-state index in [2.05, 4.69) is 0 Å². The van der Waals surface area contributed by atoms with Crippen LogP contribution in [-0.2, 0) is 42.9 Å². The molecule has 0 aromatic rings. The molecule has 5 aliphatic carbocycles. The molecule has 35 heavy (non-hydrogen) atoms. The Hall–Kier alpha value is -3.75. The van der Waals surface area contributed by atoms with Gasteiger partial charge < -0.3 is 18.9 Å². The van der Waals surface area contributed by atoms with Crippen molar-refractivity contribution < 1.29 is 42.9 Å². The van der Waals surface area contributed by atoms with Gasteiger partial charge in [-0.25, -0.2) is 19.2 Å². The van der Waals surface area contributed by atoms with Crippen molar-refractivity contribution in [1.82, 2.24) is 0 Å². The molecule has 0 fully saturated rings. The van der Waals surface area contributed by atoms with Gasteiger partial charge in [-0.1, -0.05) is 36.3 Å². The summed E-state index contributed by atoms with van der Waals surface area (Å²) in [7, 11) is 4.71. The van der Waals surface area contributed by atoms with Crippen molar-refractivity contribution >= 4 is 30.2 Å². The molecule has 1 spiro atoms. The molecule has 0 aromatic carbocycles. The smallest absolute Gasteiger partial charge is 0.335 e. The zero-order chi connectivity index (χ0) is 26.1. The third-order valence-corrected chi connectivity index (χ3v) is 7.96. The summed E-state index contributed by atoms with van der Waals surface area (Å²) in [5.41, 5.74) is -3.46. The highest BCUT2D eigenvalue weighted by atomic mass is 16.5. The van der Waals surface area contributed by atoms with Crippen molar-refractivity contribution in [3.05, 3.63) is 57.2 Å². The largest absolute Gasteiger partial charge is 0.466 e. The summed E-state index contributed by atoms with van der Waals surface area (Å²) in [6.45, 7) is 5.16. The first-order valence-corrected chi connectivity index (χ1v) is 10.9. The highest BCUT2D eigenvalue weighted by molar-refractivity contribution is 6.13. The van der Waals surface area contributed by atoms with Gasteiger partial charge in [-0.05, 0) is 13.8 Å². The molecule has 0 aromatic heterocycles. The second kappa shape index (κ2) is 7.63. The van der Waals surface area contributed by atoms with Crippen LogP contribution in [0.25, 0.3) is 0 Å². The summed E-state index contributed by atoms with van der Waals surface area (Å²) in [5.74, 6) is -3.94. The van der Waals surface area contributed by atoms with E-state index in [0.717, 1.165) is 7.11 Å². The Morgan fingerprint density at radius 1 is 0.743 bits per heavy atom. The number of esters is 4. The van der Waals surface area contributed by atoms with Crippen LogP contribution in [0.15, 0.2) is 57.2 Å². The summed E-state index contributed by atoms with van der Waals surface area (Å²) >= 11 is 0. The number of ether oxygens (including phenoxy) is 4. The van der Waals surface area contributed by atoms with Crippen LogP contribution in [0.2, 0.25) is 0 Å². The van der Waals surface area contributed by atoms with Gasteiger partial charge in [0.1, 0.15) is 6.29 Å². The summed E-state index contributed by atoms with van der Waals surface area (Å²) in [4.78, 5) is 65.9. The molecule has 0 saturated heterocycles. The van der Waals surface area contributed by atoms with Crippen LogP contribution in [0.1, 0.15) is 20.8 Å². The Morgan fingerprint density at radius 3 is 1.74 bits per heavy atom. The molecule has 0 heterocycles. The number of methoxy groups -OCH3 is 4. The Labute approximate surface area is 202 Å². The Morgan fingerprint density at radius 2 is 1.23 bits per heavy atom. The van der Waals surface area contributed by atoms with E-state index in [-0.39, 0.29) is 27.9 Å². The monoisotopic (exact) mass is 482 g/mol. The first-order chi connectivity index (χ1) is 16.5. The lowest BCUT2D eigenvalue weighted by atomic mass is 9.51. The number of aldehydes is 1. The number of rotatable bonds is 5. The van der Waals surface area contributed by atoms with Crippen molar-refractivity contribution in [3.63, 3.8) is 0 Å². The standard InChI is InChI=1S/C26H26O9/c1-12-8-25-14(11-27)10-24(3,18(22(30)34-6)19(25)23(31)35-7)26(25)9-13(2)15(12)16(20(28)32-4)17(26)21(29)33-5/h8-11,15H,1-7H3. The maximum absolute atomic E-state index is 13.5. The minimum atomic E-state index is -1.64. The zero-order valence-corrected chi connectivity index (χ0v) is 20.6. The first kappa shape index (κ1) is 24.4.